The van der Waals surface area contributed by atoms with E-state index in [2.05, 4.69) is 178 Å². The van der Waals surface area contributed by atoms with Crippen LogP contribution in [0.2, 0.25) is 0 Å². The Morgan fingerprint density at radius 3 is 1.83 bits per heavy atom. The molecule has 0 fully saturated rings. The molecule has 12 aromatic rings. The molecule has 280 valence electrons. The topological polar surface area (TPSA) is 61.4 Å². The third-order valence-corrected chi connectivity index (χ3v) is 11.7. The molecule has 0 aliphatic rings. The summed E-state index contributed by atoms with van der Waals surface area (Å²) in [4.78, 5) is 19.9. The van der Waals surface area contributed by atoms with Crippen LogP contribution in [0.15, 0.2) is 207 Å². The first-order valence-corrected chi connectivity index (χ1v) is 20.1. The Labute approximate surface area is 345 Å². The summed E-state index contributed by atoms with van der Waals surface area (Å²) in [5.74, 6) is 0.606. The fourth-order valence-electron chi connectivity index (χ4n) is 8.88. The predicted molar refractivity (Wildman–Crippen MR) is 246 cm³/mol. The van der Waals surface area contributed by atoms with Crippen molar-refractivity contribution in [2.24, 2.45) is 0 Å². The number of hydrogen-bond acceptors (Lipinski definition) is 4. The highest BCUT2D eigenvalue weighted by Crippen LogP contribution is 2.40. The molecule has 0 aliphatic carbocycles. The van der Waals surface area contributed by atoms with E-state index in [0.29, 0.717) is 5.95 Å². The lowest BCUT2D eigenvalue weighted by Crippen LogP contribution is -2.04. The van der Waals surface area contributed by atoms with Crippen molar-refractivity contribution in [1.29, 1.82) is 0 Å². The summed E-state index contributed by atoms with van der Waals surface area (Å²) >= 11 is 0. The van der Waals surface area contributed by atoms with Crippen molar-refractivity contribution in [2.75, 3.05) is 0 Å². The molecule has 0 atom stereocenters. The Hall–Kier alpha value is -8.22. The molecule has 0 N–H and O–H groups in total. The molecule has 6 nitrogen and oxygen atoms in total. The normalized spacial score (nSPS) is 11.7. The zero-order valence-electron chi connectivity index (χ0n) is 32.3. The Morgan fingerprint density at radius 1 is 0.367 bits per heavy atom. The molecule has 5 aromatic heterocycles. The highest BCUT2D eigenvalue weighted by atomic mass is 15.2. The number of para-hydroxylation sites is 1. The van der Waals surface area contributed by atoms with Crippen molar-refractivity contribution >= 4 is 54.5 Å². The summed E-state index contributed by atoms with van der Waals surface area (Å²) in [6.45, 7) is 0. The summed E-state index contributed by atoms with van der Waals surface area (Å²) in [6.07, 6.45) is 5.61. The molecule has 0 amide bonds. The van der Waals surface area contributed by atoms with Crippen LogP contribution in [0.1, 0.15) is 0 Å². The van der Waals surface area contributed by atoms with Gasteiger partial charge in [0.25, 0.3) is 0 Å². The Balaban J connectivity index is 1.08. The lowest BCUT2D eigenvalue weighted by Gasteiger charge is -2.12. The van der Waals surface area contributed by atoms with Gasteiger partial charge in [-0.05, 0) is 77.4 Å². The van der Waals surface area contributed by atoms with E-state index in [0.717, 1.165) is 94.2 Å². The van der Waals surface area contributed by atoms with Gasteiger partial charge in [-0.15, -0.1) is 0 Å². The fourth-order valence-corrected chi connectivity index (χ4v) is 8.88. The molecule has 0 saturated heterocycles. The van der Waals surface area contributed by atoms with Crippen molar-refractivity contribution in [1.82, 2.24) is 29.1 Å². The second kappa shape index (κ2) is 13.7. The molecule has 0 spiro atoms. The quantitative estimate of drug-likeness (QED) is 0.169. The minimum absolute atomic E-state index is 0.606. The molecule has 7 aromatic carbocycles. The van der Waals surface area contributed by atoms with Crippen LogP contribution in [-0.2, 0) is 0 Å². The maximum atomic E-state index is 5.31. The molecule has 60 heavy (non-hydrogen) atoms. The van der Waals surface area contributed by atoms with Gasteiger partial charge in [0.05, 0.1) is 39.0 Å². The summed E-state index contributed by atoms with van der Waals surface area (Å²) in [7, 11) is 0. The van der Waals surface area contributed by atoms with Crippen molar-refractivity contribution in [3.8, 4) is 56.4 Å². The Kier molecular flexibility index (Phi) is 7.74. The van der Waals surface area contributed by atoms with E-state index in [1.54, 1.807) is 0 Å². The average molecular weight is 767 g/mol. The highest BCUT2D eigenvalue weighted by Gasteiger charge is 2.21. The van der Waals surface area contributed by atoms with Gasteiger partial charge in [-0.25, -0.2) is 9.97 Å². The van der Waals surface area contributed by atoms with E-state index < -0.39 is 0 Å². The summed E-state index contributed by atoms with van der Waals surface area (Å²) in [5.41, 5.74) is 14.6. The molecular formula is C54H34N6. The van der Waals surface area contributed by atoms with Crippen LogP contribution in [0.3, 0.4) is 0 Å². The first kappa shape index (κ1) is 33.9. The minimum Gasteiger partial charge on any atom is -0.309 e. The van der Waals surface area contributed by atoms with Crippen molar-refractivity contribution < 1.29 is 0 Å². The molecule has 5 heterocycles. The first-order chi connectivity index (χ1) is 29.7. The van der Waals surface area contributed by atoms with Gasteiger partial charge in [-0.2, -0.15) is 0 Å². The number of nitrogens with zero attached hydrogens (tertiary/aromatic N) is 6. The summed E-state index contributed by atoms with van der Waals surface area (Å²) in [6, 6.07) is 66.3. The number of benzene rings is 7. The molecule has 0 unspecified atom stereocenters. The van der Waals surface area contributed by atoms with Crippen LogP contribution >= 0.6 is 0 Å². The van der Waals surface area contributed by atoms with E-state index in [1.165, 1.54) is 10.8 Å². The van der Waals surface area contributed by atoms with Crippen LogP contribution in [0.25, 0.3) is 111 Å². The van der Waals surface area contributed by atoms with Crippen LogP contribution in [0, 0.1) is 0 Å². The fraction of sp³-hybridized carbons (Fsp3) is 0. The third-order valence-electron chi connectivity index (χ3n) is 11.7. The number of hydrogen-bond donors (Lipinski definition) is 0. The largest absolute Gasteiger partial charge is 0.309 e. The number of rotatable bonds is 6. The van der Waals surface area contributed by atoms with Gasteiger partial charge in [0, 0.05) is 67.9 Å². The molecular weight excluding hydrogens is 733 g/mol. The summed E-state index contributed by atoms with van der Waals surface area (Å²) in [5, 5.41) is 5.66. The number of pyridine rings is 2. The second-order valence-electron chi connectivity index (χ2n) is 15.1. The highest BCUT2D eigenvalue weighted by molar-refractivity contribution is 6.20. The van der Waals surface area contributed by atoms with E-state index in [1.807, 2.05) is 42.9 Å². The third kappa shape index (κ3) is 5.50. The molecule has 0 radical (unpaired) electrons. The van der Waals surface area contributed by atoms with E-state index in [9.17, 15) is 0 Å². The van der Waals surface area contributed by atoms with E-state index in [4.69, 9.17) is 15.0 Å². The minimum atomic E-state index is 0.606. The maximum absolute atomic E-state index is 5.31. The lowest BCUT2D eigenvalue weighted by molar-refractivity contribution is 0.996. The van der Waals surface area contributed by atoms with Crippen LogP contribution in [0.4, 0.5) is 0 Å². The van der Waals surface area contributed by atoms with E-state index in [-0.39, 0.29) is 0 Å². The van der Waals surface area contributed by atoms with E-state index >= 15 is 0 Å². The zero-order valence-corrected chi connectivity index (χ0v) is 32.3. The van der Waals surface area contributed by atoms with Crippen molar-refractivity contribution in [3.05, 3.63) is 207 Å². The van der Waals surface area contributed by atoms with Gasteiger partial charge in [0.2, 0.25) is 5.95 Å². The summed E-state index contributed by atoms with van der Waals surface area (Å²) < 4.78 is 4.59. The van der Waals surface area contributed by atoms with Gasteiger partial charge >= 0.3 is 0 Å². The zero-order chi connectivity index (χ0) is 39.6. The van der Waals surface area contributed by atoms with Crippen LogP contribution in [-0.4, -0.2) is 29.1 Å². The molecule has 0 bridgehead atoms. The molecule has 12 rings (SSSR count). The number of aromatic nitrogens is 6. The maximum Gasteiger partial charge on any atom is 0.235 e. The average Bonchev–Trinajstić information content (AvgIpc) is 3.85. The van der Waals surface area contributed by atoms with Gasteiger partial charge < -0.3 is 4.57 Å². The number of fused-ring (bicyclic) bond motifs is 8. The first-order valence-electron chi connectivity index (χ1n) is 20.1. The predicted octanol–water partition coefficient (Wildman–Crippen LogP) is 13.3. The lowest BCUT2D eigenvalue weighted by atomic mass is 10.0. The van der Waals surface area contributed by atoms with Gasteiger partial charge in [-0.1, -0.05) is 127 Å². The Bertz CT molecular complexity index is 3530. The molecule has 6 heteroatoms. The smallest absolute Gasteiger partial charge is 0.235 e. The standard InChI is InChI=1S/C54H34N6/c1-3-12-35(13-4-1)46-33-47(36-14-5-2-6-15-36)58-54(57-46)60-50-27-23-37-17-11-29-56-53(37)52(50)44-25-22-40(32-51(44)60)39-24-26-49-45(31-39)43-20-7-8-21-48(43)59(49)42-19-9-16-38(30-42)41-18-10-28-55-34-41/h1-34H. The molecule has 0 saturated carbocycles. The second-order valence-corrected chi connectivity index (χ2v) is 15.1. The van der Waals surface area contributed by atoms with Crippen LogP contribution < -0.4 is 0 Å². The van der Waals surface area contributed by atoms with Crippen molar-refractivity contribution in [2.45, 2.75) is 0 Å². The SMILES string of the molecule is c1ccc(-c2cc(-c3ccccc3)nc(-n3c4cc(-c5ccc6c(c5)c5ccccc5n6-c5cccc(-c6cccnc6)c5)ccc4c4c5ncccc5ccc43)n2)cc1. The van der Waals surface area contributed by atoms with Gasteiger partial charge in [-0.3, -0.25) is 14.5 Å². The van der Waals surface area contributed by atoms with Gasteiger partial charge in [0.1, 0.15) is 0 Å². The van der Waals surface area contributed by atoms with Crippen molar-refractivity contribution in [3.63, 3.8) is 0 Å². The Morgan fingerprint density at radius 2 is 1.03 bits per heavy atom. The monoisotopic (exact) mass is 766 g/mol. The van der Waals surface area contributed by atoms with Gasteiger partial charge in [0.15, 0.2) is 0 Å². The van der Waals surface area contributed by atoms with Crippen LogP contribution in [0.5, 0.6) is 0 Å². The molecule has 0 aliphatic heterocycles.